The molecule has 1 aliphatic heterocycles. The molecular formula is C26H32N8O. The third-order valence-corrected chi connectivity index (χ3v) is 7.75. The van der Waals surface area contributed by atoms with Crippen molar-refractivity contribution in [3.05, 3.63) is 41.3 Å². The molecule has 2 aliphatic rings. The normalized spacial score (nSPS) is 20.5. The number of carbonyl (C=O) groups excluding carboxylic acids is 1. The Morgan fingerprint density at radius 3 is 2.83 bits per heavy atom. The highest BCUT2D eigenvalue weighted by Gasteiger charge is 2.45. The van der Waals surface area contributed by atoms with Crippen LogP contribution in [0.4, 0.5) is 5.82 Å². The van der Waals surface area contributed by atoms with Gasteiger partial charge >= 0.3 is 0 Å². The van der Waals surface area contributed by atoms with Gasteiger partial charge in [0.1, 0.15) is 12.1 Å². The van der Waals surface area contributed by atoms with E-state index in [4.69, 9.17) is 10.7 Å². The van der Waals surface area contributed by atoms with Gasteiger partial charge in [-0.15, -0.1) is 0 Å². The number of nitrogens with two attached hydrogens (primary N) is 1. The monoisotopic (exact) mass is 472 g/mol. The minimum Gasteiger partial charge on any atom is -0.369 e. The lowest BCUT2D eigenvalue weighted by molar-refractivity contribution is -0.119. The molecule has 1 amide bonds. The molecule has 0 radical (unpaired) electrons. The van der Waals surface area contributed by atoms with E-state index in [1.165, 1.54) is 11.1 Å². The van der Waals surface area contributed by atoms with Gasteiger partial charge in [0.25, 0.3) is 0 Å². The Kier molecular flexibility index (Phi) is 5.07. The lowest BCUT2D eigenvalue weighted by atomic mass is 9.95. The van der Waals surface area contributed by atoms with Gasteiger partial charge in [0.15, 0.2) is 5.65 Å². The minimum atomic E-state index is -0.258. The predicted octanol–water partition coefficient (Wildman–Crippen LogP) is 3.01. The van der Waals surface area contributed by atoms with E-state index in [-0.39, 0.29) is 11.8 Å². The van der Waals surface area contributed by atoms with Crippen LogP contribution in [0.2, 0.25) is 0 Å². The molecule has 182 valence electrons. The maximum atomic E-state index is 11.5. The molecular weight excluding hydrogens is 440 g/mol. The maximum Gasteiger partial charge on any atom is 0.231 e. The van der Waals surface area contributed by atoms with Crippen molar-refractivity contribution in [1.29, 1.82) is 0 Å². The van der Waals surface area contributed by atoms with Crippen LogP contribution < -0.4 is 10.6 Å². The number of aromatic amines is 1. The van der Waals surface area contributed by atoms with E-state index < -0.39 is 0 Å². The highest BCUT2D eigenvalue weighted by Crippen LogP contribution is 2.42. The Morgan fingerprint density at radius 2 is 2.06 bits per heavy atom. The number of anilines is 1. The fraction of sp³-hybridized carbons (Fsp3) is 0.462. The van der Waals surface area contributed by atoms with Crippen molar-refractivity contribution >= 4 is 28.4 Å². The molecule has 2 fully saturated rings. The van der Waals surface area contributed by atoms with Gasteiger partial charge in [-0.25, -0.2) is 14.5 Å². The first-order valence-corrected chi connectivity index (χ1v) is 12.4. The number of nitrogens with one attached hydrogen (secondary N) is 1. The number of aromatic nitrogens is 5. The van der Waals surface area contributed by atoms with Crippen LogP contribution in [0.15, 0.2) is 24.7 Å². The molecule has 0 bridgehead atoms. The molecule has 3 N–H and O–H groups in total. The lowest BCUT2D eigenvalue weighted by Gasteiger charge is -2.24. The number of hydrogen-bond donors (Lipinski definition) is 2. The van der Waals surface area contributed by atoms with Crippen molar-refractivity contribution in [3.8, 4) is 11.3 Å². The van der Waals surface area contributed by atoms with E-state index in [9.17, 15) is 4.79 Å². The largest absolute Gasteiger partial charge is 0.369 e. The summed E-state index contributed by atoms with van der Waals surface area (Å²) in [6.45, 7) is 11.6. The molecule has 1 saturated carbocycles. The van der Waals surface area contributed by atoms with Gasteiger partial charge in [0.2, 0.25) is 5.91 Å². The van der Waals surface area contributed by atoms with Crippen molar-refractivity contribution in [3.63, 3.8) is 0 Å². The van der Waals surface area contributed by atoms with Gasteiger partial charge in [-0.05, 0) is 55.4 Å². The molecule has 4 aromatic rings. The molecule has 1 aliphatic carbocycles. The Morgan fingerprint density at radius 1 is 1.23 bits per heavy atom. The van der Waals surface area contributed by atoms with E-state index in [2.05, 4.69) is 70.9 Å². The molecule has 35 heavy (non-hydrogen) atoms. The highest BCUT2D eigenvalue weighted by molar-refractivity contribution is 5.90. The molecule has 0 unspecified atom stereocenters. The second kappa shape index (κ2) is 8.05. The third kappa shape index (κ3) is 3.65. The van der Waals surface area contributed by atoms with Crippen LogP contribution in [0, 0.1) is 19.8 Å². The number of primary amides is 1. The molecule has 5 heterocycles. The molecule has 2 atom stereocenters. The van der Waals surface area contributed by atoms with Crippen molar-refractivity contribution < 1.29 is 4.79 Å². The summed E-state index contributed by atoms with van der Waals surface area (Å²) in [4.78, 5) is 29.4. The highest BCUT2D eigenvalue weighted by atomic mass is 16.1. The van der Waals surface area contributed by atoms with E-state index in [1.54, 1.807) is 6.33 Å². The van der Waals surface area contributed by atoms with Gasteiger partial charge in [0.05, 0.1) is 23.3 Å². The molecule has 0 spiro atoms. The molecule has 0 aromatic carbocycles. The van der Waals surface area contributed by atoms with Crippen molar-refractivity contribution in [2.24, 2.45) is 11.7 Å². The number of pyridine rings is 2. The van der Waals surface area contributed by atoms with Gasteiger partial charge in [0, 0.05) is 43.0 Å². The Balaban J connectivity index is 1.42. The predicted molar refractivity (Wildman–Crippen MR) is 137 cm³/mol. The molecule has 1 saturated heterocycles. The van der Waals surface area contributed by atoms with Crippen molar-refractivity contribution in [2.75, 3.05) is 31.1 Å². The topological polar surface area (TPSA) is 108 Å². The second-order valence-corrected chi connectivity index (χ2v) is 10.4. The summed E-state index contributed by atoms with van der Waals surface area (Å²) in [6.07, 6.45) is 4.81. The summed E-state index contributed by atoms with van der Waals surface area (Å²) in [5.41, 5.74) is 14.2. The van der Waals surface area contributed by atoms with Crippen LogP contribution in [0.5, 0.6) is 0 Å². The fourth-order valence-corrected chi connectivity index (χ4v) is 5.76. The third-order valence-electron chi connectivity index (χ3n) is 7.75. The molecule has 9 nitrogen and oxygen atoms in total. The summed E-state index contributed by atoms with van der Waals surface area (Å²) >= 11 is 0. The number of rotatable bonds is 5. The van der Waals surface area contributed by atoms with Crippen LogP contribution >= 0.6 is 0 Å². The van der Waals surface area contributed by atoms with Gasteiger partial charge in [-0.3, -0.25) is 9.69 Å². The van der Waals surface area contributed by atoms with Gasteiger partial charge in [-0.1, -0.05) is 13.8 Å². The van der Waals surface area contributed by atoms with E-state index >= 15 is 0 Å². The number of fused-ring (bicyclic) bond motifs is 3. The number of hydrogen-bond acceptors (Lipinski definition) is 6. The van der Waals surface area contributed by atoms with E-state index in [0.29, 0.717) is 18.5 Å². The van der Waals surface area contributed by atoms with Crippen LogP contribution in [0.3, 0.4) is 0 Å². The summed E-state index contributed by atoms with van der Waals surface area (Å²) < 4.78 is 1.86. The second-order valence-electron chi connectivity index (χ2n) is 10.4. The van der Waals surface area contributed by atoms with Crippen LogP contribution in [-0.4, -0.2) is 67.6 Å². The fourth-order valence-electron chi connectivity index (χ4n) is 5.76. The molecule has 6 rings (SSSR count). The van der Waals surface area contributed by atoms with Gasteiger partial charge in [-0.2, -0.15) is 5.10 Å². The summed E-state index contributed by atoms with van der Waals surface area (Å²) in [5, 5.41) is 4.39. The first-order valence-electron chi connectivity index (χ1n) is 12.4. The van der Waals surface area contributed by atoms with Crippen molar-refractivity contribution in [1.82, 2.24) is 29.5 Å². The molecule has 4 aromatic heterocycles. The quantitative estimate of drug-likeness (QED) is 0.462. The average molecular weight is 473 g/mol. The zero-order valence-corrected chi connectivity index (χ0v) is 20.7. The van der Waals surface area contributed by atoms with Crippen molar-refractivity contribution in [2.45, 2.75) is 46.1 Å². The van der Waals surface area contributed by atoms with E-state index in [0.717, 1.165) is 65.4 Å². The Hall–Kier alpha value is -3.46. The summed E-state index contributed by atoms with van der Waals surface area (Å²) in [7, 11) is 0. The average Bonchev–Trinajstić information content (AvgIpc) is 3.25. The number of nitrogens with zero attached hydrogens (tertiary/aromatic N) is 6. The zero-order valence-electron chi connectivity index (χ0n) is 20.7. The summed E-state index contributed by atoms with van der Waals surface area (Å²) in [5.74, 6) is 1.61. The Bertz CT molecular complexity index is 1450. The van der Waals surface area contributed by atoms with Gasteiger partial charge < -0.3 is 15.6 Å². The van der Waals surface area contributed by atoms with E-state index in [1.807, 2.05) is 4.52 Å². The lowest BCUT2D eigenvalue weighted by Crippen LogP contribution is -2.38. The van der Waals surface area contributed by atoms with Crippen LogP contribution in [0.1, 0.15) is 42.9 Å². The first kappa shape index (κ1) is 22.0. The minimum absolute atomic E-state index is 0.258. The smallest absolute Gasteiger partial charge is 0.231 e. The number of aryl methyl sites for hydroxylation is 1. The zero-order chi connectivity index (χ0) is 24.4. The number of amides is 1. The SMILES string of the molecule is Cc1c(-c2[nH]c3ccc(N4CCN(CC(N)=O)C[C@@H]5C[C@H]54)nc3c2C(C)C)cn2ncnc2c1C. The molecule has 9 heteroatoms. The Labute approximate surface area is 204 Å². The summed E-state index contributed by atoms with van der Waals surface area (Å²) in [6, 6.07) is 4.77. The number of H-pyrrole nitrogens is 1. The van der Waals surface area contributed by atoms with Crippen LogP contribution in [-0.2, 0) is 4.79 Å². The van der Waals surface area contributed by atoms with Crippen LogP contribution in [0.25, 0.3) is 27.9 Å². The first-order chi connectivity index (χ1) is 16.8. The standard InChI is InChI=1S/C26H32N8O/c1-14(2)23-24(18-11-34-26(28-13-29-34)16(4)15(18)3)30-19-5-6-22(31-25(19)23)33-8-7-32(12-21(27)35)10-17-9-20(17)33/h5-6,11,13-14,17,20,30H,7-10,12H2,1-4H3,(H2,27,35)/t17-,20+/m0/s1. The number of carbonyl (C=O) groups is 1. The maximum absolute atomic E-state index is 11.5.